The maximum atomic E-state index is 6.27. The van der Waals surface area contributed by atoms with E-state index in [-0.39, 0.29) is 0 Å². The lowest BCUT2D eigenvalue weighted by molar-refractivity contribution is 0.230. The van der Waals surface area contributed by atoms with Gasteiger partial charge < -0.3 is 10.1 Å². The Labute approximate surface area is 114 Å². The first-order valence-electron chi connectivity index (χ1n) is 6.39. The number of benzene rings is 1. The van der Waals surface area contributed by atoms with E-state index in [9.17, 15) is 0 Å². The second-order valence-electron chi connectivity index (χ2n) is 4.85. The number of ether oxygens (including phenoxy) is 1. The largest absolute Gasteiger partial charge is 0.496 e. The molecule has 3 nitrogen and oxygen atoms in total. The predicted molar refractivity (Wildman–Crippen MR) is 75.6 cm³/mol. The molecule has 0 radical (unpaired) electrons. The zero-order valence-electron chi connectivity index (χ0n) is 11.3. The van der Waals surface area contributed by atoms with Gasteiger partial charge in [-0.1, -0.05) is 11.6 Å². The van der Waals surface area contributed by atoms with Crippen LogP contribution in [0.2, 0.25) is 5.02 Å². The summed E-state index contributed by atoms with van der Waals surface area (Å²) in [6, 6.07) is 2.15. The summed E-state index contributed by atoms with van der Waals surface area (Å²) in [5.41, 5.74) is 3.41. The lowest BCUT2D eigenvalue weighted by Crippen LogP contribution is -2.42. The quantitative estimate of drug-likeness (QED) is 0.911. The van der Waals surface area contributed by atoms with E-state index in [1.807, 2.05) is 6.92 Å². The highest BCUT2D eigenvalue weighted by Crippen LogP contribution is 2.33. The van der Waals surface area contributed by atoms with Gasteiger partial charge in [-0.05, 0) is 25.5 Å². The Morgan fingerprint density at radius 3 is 2.61 bits per heavy atom. The highest BCUT2D eigenvalue weighted by Gasteiger charge is 2.16. The van der Waals surface area contributed by atoms with Crippen molar-refractivity contribution in [3.63, 3.8) is 0 Å². The summed E-state index contributed by atoms with van der Waals surface area (Å²) in [6.07, 6.45) is 0. The number of nitrogens with zero attached hydrogens (tertiary/aromatic N) is 1. The van der Waals surface area contributed by atoms with Crippen LogP contribution < -0.4 is 10.1 Å². The Bertz CT molecular complexity index is 428. The minimum absolute atomic E-state index is 0.816. The van der Waals surface area contributed by atoms with Gasteiger partial charge in [-0.25, -0.2) is 0 Å². The average molecular weight is 269 g/mol. The van der Waals surface area contributed by atoms with Crippen LogP contribution in [0.25, 0.3) is 0 Å². The molecule has 1 heterocycles. The Hall–Kier alpha value is -0.770. The Morgan fingerprint density at radius 2 is 2.00 bits per heavy atom. The number of nitrogens with one attached hydrogen (secondary N) is 1. The molecule has 0 atom stereocenters. The molecule has 1 N–H and O–H groups in total. The van der Waals surface area contributed by atoms with Crippen molar-refractivity contribution in [1.82, 2.24) is 10.2 Å². The molecule has 18 heavy (non-hydrogen) atoms. The van der Waals surface area contributed by atoms with Crippen LogP contribution in [0.4, 0.5) is 0 Å². The molecule has 1 fully saturated rings. The Balaban J connectivity index is 2.25. The van der Waals surface area contributed by atoms with Crippen LogP contribution >= 0.6 is 11.6 Å². The van der Waals surface area contributed by atoms with Gasteiger partial charge in [0, 0.05) is 43.9 Å². The number of halogens is 1. The molecule has 1 aliphatic rings. The second-order valence-corrected chi connectivity index (χ2v) is 5.23. The molecule has 100 valence electrons. The summed E-state index contributed by atoms with van der Waals surface area (Å²) < 4.78 is 5.53. The minimum atomic E-state index is 0.816. The van der Waals surface area contributed by atoms with Crippen molar-refractivity contribution in [3.8, 4) is 5.75 Å². The van der Waals surface area contributed by atoms with Crippen molar-refractivity contribution in [2.75, 3.05) is 33.3 Å². The molecule has 1 aromatic carbocycles. The van der Waals surface area contributed by atoms with Crippen molar-refractivity contribution in [3.05, 3.63) is 27.8 Å². The smallest absolute Gasteiger partial charge is 0.127 e. The molecular formula is C14H21ClN2O. The third-order valence-corrected chi connectivity index (χ3v) is 4.09. The molecule has 1 aliphatic heterocycles. The Morgan fingerprint density at radius 1 is 1.33 bits per heavy atom. The normalized spacial score (nSPS) is 16.9. The SMILES string of the molecule is COc1c(CN2CCNCC2)cc(C)c(Cl)c1C. The lowest BCUT2D eigenvalue weighted by atomic mass is 10.0. The second kappa shape index (κ2) is 5.91. The molecule has 2 rings (SSSR count). The maximum absolute atomic E-state index is 6.27. The number of piperazine rings is 1. The molecule has 1 saturated heterocycles. The average Bonchev–Trinajstić information content (AvgIpc) is 2.38. The van der Waals surface area contributed by atoms with Gasteiger partial charge in [-0.15, -0.1) is 0 Å². The van der Waals surface area contributed by atoms with Crippen molar-refractivity contribution in [2.24, 2.45) is 0 Å². The van der Waals surface area contributed by atoms with E-state index in [1.54, 1.807) is 7.11 Å². The van der Waals surface area contributed by atoms with Gasteiger partial charge >= 0.3 is 0 Å². The van der Waals surface area contributed by atoms with Crippen molar-refractivity contribution in [1.29, 1.82) is 0 Å². The first-order chi connectivity index (χ1) is 8.63. The van der Waals surface area contributed by atoms with Gasteiger partial charge in [-0.3, -0.25) is 4.90 Å². The third-order valence-electron chi connectivity index (χ3n) is 3.51. The van der Waals surface area contributed by atoms with E-state index in [2.05, 4.69) is 23.2 Å². The summed E-state index contributed by atoms with van der Waals surface area (Å²) in [5.74, 6) is 0.934. The summed E-state index contributed by atoms with van der Waals surface area (Å²) in [7, 11) is 1.72. The van der Waals surface area contributed by atoms with Crippen LogP contribution in [0.3, 0.4) is 0 Å². The summed E-state index contributed by atoms with van der Waals surface area (Å²) >= 11 is 6.27. The number of rotatable bonds is 3. The summed E-state index contributed by atoms with van der Waals surface area (Å²) in [4.78, 5) is 2.45. The molecule has 0 aromatic heterocycles. The summed E-state index contributed by atoms with van der Waals surface area (Å²) in [5, 5.41) is 4.18. The van der Waals surface area contributed by atoms with Crippen LogP contribution in [-0.2, 0) is 6.54 Å². The van der Waals surface area contributed by atoms with Gasteiger partial charge in [0.05, 0.1) is 12.1 Å². The zero-order chi connectivity index (χ0) is 13.1. The first-order valence-corrected chi connectivity index (χ1v) is 6.77. The standard InChI is InChI=1S/C14H21ClN2O/c1-10-8-12(9-17-6-4-16-5-7-17)14(18-3)11(2)13(10)15/h8,16H,4-7,9H2,1-3H3. The van der Waals surface area contributed by atoms with Gasteiger partial charge in [0.2, 0.25) is 0 Å². The topological polar surface area (TPSA) is 24.5 Å². The van der Waals surface area contributed by atoms with Crippen LogP contribution in [0, 0.1) is 13.8 Å². The number of hydrogen-bond donors (Lipinski definition) is 1. The fourth-order valence-corrected chi connectivity index (χ4v) is 2.68. The highest BCUT2D eigenvalue weighted by atomic mass is 35.5. The van der Waals surface area contributed by atoms with Crippen molar-refractivity contribution >= 4 is 11.6 Å². The Kier molecular flexibility index (Phi) is 4.49. The molecule has 0 saturated carbocycles. The van der Waals surface area contributed by atoms with Gasteiger partial charge in [-0.2, -0.15) is 0 Å². The number of aryl methyl sites for hydroxylation is 1. The van der Waals surface area contributed by atoms with Crippen LogP contribution in [0.15, 0.2) is 6.07 Å². The number of hydrogen-bond acceptors (Lipinski definition) is 3. The predicted octanol–water partition coefficient (Wildman–Crippen LogP) is 2.37. The maximum Gasteiger partial charge on any atom is 0.127 e. The molecule has 0 amide bonds. The van der Waals surface area contributed by atoms with Crippen molar-refractivity contribution < 1.29 is 4.74 Å². The third kappa shape index (κ3) is 2.79. The molecular weight excluding hydrogens is 248 g/mol. The van der Waals surface area contributed by atoms with E-state index in [0.29, 0.717) is 0 Å². The van der Waals surface area contributed by atoms with Gasteiger partial charge in [0.1, 0.15) is 5.75 Å². The van der Waals surface area contributed by atoms with E-state index < -0.39 is 0 Å². The highest BCUT2D eigenvalue weighted by molar-refractivity contribution is 6.32. The lowest BCUT2D eigenvalue weighted by Gasteiger charge is -2.28. The number of methoxy groups -OCH3 is 1. The molecule has 4 heteroatoms. The molecule has 0 unspecified atom stereocenters. The monoisotopic (exact) mass is 268 g/mol. The van der Waals surface area contributed by atoms with Crippen molar-refractivity contribution in [2.45, 2.75) is 20.4 Å². The van der Waals surface area contributed by atoms with E-state index in [1.165, 1.54) is 5.56 Å². The summed E-state index contributed by atoms with van der Waals surface area (Å²) in [6.45, 7) is 9.31. The van der Waals surface area contributed by atoms with Gasteiger partial charge in [0.25, 0.3) is 0 Å². The first kappa shape index (κ1) is 13.7. The fraction of sp³-hybridized carbons (Fsp3) is 0.571. The molecule has 0 aliphatic carbocycles. The van der Waals surface area contributed by atoms with Gasteiger partial charge in [0.15, 0.2) is 0 Å². The van der Waals surface area contributed by atoms with E-state index in [4.69, 9.17) is 16.3 Å². The zero-order valence-corrected chi connectivity index (χ0v) is 12.1. The van der Waals surface area contributed by atoms with E-state index in [0.717, 1.165) is 54.6 Å². The molecule has 0 spiro atoms. The minimum Gasteiger partial charge on any atom is -0.496 e. The van der Waals surface area contributed by atoms with E-state index >= 15 is 0 Å². The van der Waals surface area contributed by atoms with Crippen LogP contribution in [0.5, 0.6) is 5.75 Å². The van der Waals surface area contributed by atoms with Crippen LogP contribution in [-0.4, -0.2) is 38.2 Å². The van der Waals surface area contributed by atoms with Crippen LogP contribution in [0.1, 0.15) is 16.7 Å². The fourth-order valence-electron chi connectivity index (χ4n) is 2.54. The molecule has 1 aromatic rings. The molecule has 0 bridgehead atoms.